The Balaban J connectivity index is 1.67. The Hall–Kier alpha value is -0.170. The highest BCUT2D eigenvalue weighted by atomic mass is 32.2. The van der Waals surface area contributed by atoms with Crippen LogP contribution in [0.2, 0.25) is 0 Å². The summed E-state index contributed by atoms with van der Waals surface area (Å²) in [6, 6.07) is -0.0110. The number of rotatable bonds is 7. The van der Waals surface area contributed by atoms with Crippen LogP contribution in [-0.4, -0.2) is 68.8 Å². The molecule has 5 nitrogen and oxygen atoms in total. The third kappa shape index (κ3) is 5.51. The molecule has 2 aliphatic rings. The van der Waals surface area contributed by atoms with Crippen molar-refractivity contribution in [1.82, 2.24) is 14.5 Å². The molecule has 2 saturated heterocycles. The predicted molar refractivity (Wildman–Crippen MR) is 86.9 cm³/mol. The number of piperidine rings is 1. The van der Waals surface area contributed by atoms with Crippen molar-refractivity contribution in [3.63, 3.8) is 0 Å². The van der Waals surface area contributed by atoms with E-state index >= 15 is 0 Å². The Bertz CT molecular complexity index is 405. The van der Waals surface area contributed by atoms with Crippen LogP contribution in [0.3, 0.4) is 0 Å². The maximum Gasteiger partial charge on any atom is 0.216 e. The van der Waals surface area contributed by atoms with Gasteiger partial charge < -0.3 is 9.80 Å². The van der Waals surface area contributed by atoms with Crippen LogP contribution in [0.5, 0.6) is 0 Å². The van der Waals surface area contributed by atoms with E-state index in [1.807, 2.05) is 13.8 Å². The van der Waals surface area contributed by atoms with E-state index in [1.165, 1.54) is 32.4 Å². The van der Waals surface area contributed by atoms with Crippen molar-refractivity contribution in [3.05, 3.63) is 0 Å². The summed E-state index contributed by atoms with van der Waals surface area (Å²) < 4.78 is 27.1. The largest absolute Gasteiger partial charge is 0.303 e. The van der Waals surface area contributed by atoms with Crippen molar-refractivity contribution in [2.45, 2.75) is 57.2 Å². The zero-order valence-electron chi connectivity index (χ0n) is 13.6. The highest BCUT2D eigenvalue weighted by Crippen LogP contribution is 2.17. The molecule has 0 spiro atoms. The molecule has 0 aromatic heterocycles. The van der Waals surface area contributed by atoms with Crippen LogP contribution >= 0.6 is 0 Å². The lowest BCUT2D eigenvalue weighted by Gasteiger charge is -2.27. The third-order valence-electron chi connectivity index (χ3n) is 4.47. The monoisotopic (exact) mass is 317 g/mol. The van der Waals surface area contributed by atoms with E-state index in [9.17, 15) is 8.42 Å². The number of hydrogen-bond donors (Lipinski definition) is 1. The minimum atomic E-state index is -3.14. The second kappa shape index (κ2) is 7.90. The molecule has 0 bridgehead atoms. The molecule has 6 heteroatoms. The maximum absolute atomic E-state index is 12.2. The Morgan fingerprint density at radius 1 is 1.05 bits per heavy atom. The molecule has 0 radical (unpaired) electrons. The van der Waals surface area contributed by atoms with E-state index in [0.717, 1.165) is 32.5 Å². The van der Waals surface area contributed by atoms with E-state index in [2.05, 4.69) is 14.5 Å². The van der Waals surface area contributed by atoms with E-state index in [-0.39, 0.29) is 11.3 Å². The van der Waals surface area contributed by atoms with E-state index in [1.54, 1.807) is 0 Å². The van der Waals surface area contributed by atoms with Gasteiger partial charge in [0.15, 0.2) is 0 Å². The summed E-state index contributed by atoms with van der Waals surface area (Å²) in [5.74, 6) is 0. The van der Waals surface area contributed by atoms with Crippen LogP contribution in [0.25, 0.3) is 0 Å². The fraction of sp³-hybridized carbons (Fsp3) is 1.00. The van der Waals surface area contributed by atoms with Gasteiger partial charge in [-0.25, -0.2) is 13.1 Å². The Morgan fingerprint density at radius 3 is 2.38 bits per heavy atom. The first kappa shape index (κ1) is 17.2. The minimum absolute atomic E-state index is 0.0110. The smallest absolute Gasteiger partial charge is 0.216 e. The SMILES string of the molecule is CC(C)NS(=O)(=O)[C@@H]1CCN(CCCN2CCCCC2)C1. The van der Waals surface area contributed by atoms with Crippen LogP contribution in [0, 0.1) is 0 Å². The summed E-state index contributed by atoms with van der Waals surface area (Å²) in [5, 5.41) is -0.227. The van der Waals surface area contributed by atoms with Crippen molar-refractivity contribution in [3.8, 4) is 0 Å². The number of nitrogens with one attached hydrogen (secondary N) is 1. The van der Waals surface area contributed by atoms with Gasteiger partial charge in [-0.15, -0.1) is 0 Å². The van der Waals surface area contributed by atoms with Gasteiger partial charge in [0.25, 0.3) is 0 Å². The molecular weight excluding hydrogens is 286 g/mol. The second-order valence-electron chi connectivity index (χ2n) is 6.78. The summed E-state index contributed by atoms with van der Waals surface area (Å²) in [5.41, 5.74) is 0. The summed E-state index contributed by atoms with van der Waals surface area (Å²) in [4.78, 5) is 4.86. The van der Waals surface area contributed by atoms with Crippen LogP contribution < -0.4 is 4.72 Å². The Kier molecular flexibility index (Phi) is 6.47. The molecule has 21 heavy (non-hydrogen) atoms. The van der Waals surface area contributed by atoms with E-state index < -0.39 is 10.0 Å². The first-order valence-corrected chi connectivity index (χ1v) is 9.98. The third-order valence-corrected chi connectivity index (χ3v) is 6.53. The van der Waals surface area contributed by atoms with Crippen LogP contribution in [0.4, 0.5) is 0 Å². The van der Waals surface area contributed by atoms with Crippen molar-refractivity contribution in [2.24, 2.45) is 0 Å². The summed E-state index contributed by atoms with van der Waals surface area (Å²) in [6.45, 7) is 10.1. The minimum Gasteiger partial charge on any atom is -0.303 e. The molecule has 2 heterocycles. The molecular formula is C15H31N3O2S. The molecule has 0 unspecified atom stereocenters. The van der Waals surface area contributed by atoms with Gasteiger partial charge in [-0.3, -0.25) is 0 Å². The lowest BCUT2D eigenvalue weighted by molar-refractivity contribution is 0.212. The van der Waals surface area contributed by atoms with Gasteiger partial charge in [-0.2, -0.15) is 0 Å². The molecule has 0 saturated carbocycles. The number of nitrogens with zero attached hydrogens (tertiary/aromatic N) is 2. The molecule has 2 aliphatic heterocycles. The van der Waals surface area contributed by atoms with Gasteiger partial charge in [0.05, 0.1) is 5.25 Å². The summed E-state index contributed by atoms with van der Waals surface area (Å²) >= 11 is 0. The lowest BCUT2D eigenvalue weighted by atomic mass is 10.1. The zero-order chi connectivity index (χ0) is 15.3. The predicted octanol–water partition coefficient (Wildman–Crippen LogP) is 1.26. The van der Waals surface area contributed by atoms with Gasteiger partial charge in [0.2, 0.25) is 10.0 Å². The van der Waals surface area contributed by atoms with E-state index in [0.29, 0.717) is 6.54 Å². The summed E-state index contributed by atoms with van der Waals surface area (Å²) in [6.07, 6.45) is 5.98. The lowest BCUT2D eigenvalue weighted by Crippen LogP contribution is -2.40. The molecule has 124 valence electrons. The van der Waals surface area contributed by atoms with Crippen LogP contribution in [0.15, 0.2) is 0 Å². The number of hydrogen-bond acceptors (Lipinski definition) is 4. The van der Waals surface area contributed by atoms with Crippen LogP contribution in [-0.2, 0) is 10.0 Å². The van der Waals surface area contributed by atoms with Gasteiger partial charge in [0.1, 0.15) is 0 Å². The molecule has 1 N–H and O–H groups in total. The first-order valence-electron chi connectivity index (χ1n) is 8.43. The fourth-order valence-corrected chi connectivity index (χ4v) is 5.05. The fourth-order valence-electron chi connectivity index (χ4n) is 3.38. The molecule has 0 aromatic carbocycles. The normalized spacial score (nSPS) is 25.8. The quantitative estimate of drug-likeness (QED) is 0.768. The van der Waals surface area contributed by atoms with Gasteiger partial charge >= 0.3 is 0 Å². The van der Waals surface area contributed by atoms with E-state index in [4.69, 9.17) is 0 Å². The van der Waals surface area contributed by atoms with Crippen molar-refractivity contribution in [2.75, 3.05) is 39.3 Å². The Morgan fingerprint density at radius 2 is 1.71 bits per heavy atom. The molecule has 0 aliphatic carbocycles. The standard InChI is InChI=1S/C15H31N3O2S/c1-14(2)16-21(19,20)15-7-12-18(13-15)11-6-10-17-8-4-3-5-9-17/h14-16H,3-13H2,1-2H3/t15-/m1/s1. The van der Waals surface area contributed by atoms with Gasteiger partial charge in [-0.1, -0.05) is 6.42 Å². The molecule has 0 aromatic rings. The molecule has 2 rings (SSSR count). The van der Waals surface area contributed by atoms with Crippen molar-refractivity contribution < 1.29 is 8.42 Å². The highest BCUT2D eigenvalue weighted by molar-refractivity contribution is 7.90. The Labute approximate surface area is 130 Å². The zero-order valence-corrected chi connectivity index (χ0v) is 14.4. The maximum atomic E-state index is 12.2. The van der Waals surface area contributed by atoms with Crippen molar-refractivity contribution in [1.29, 1.82) is 0 Å². The highest BCUT2D eigenvalue weighted by Gasteiger charge is 2.32. The number of likely N-dealkylation sites (tertiary alicyclic amines) is 2. The van der Waals surface area contributed by atoms with Gasteiger partial charge in [0, 0.05) is 12.6 Å². The molecule has 0 amide bonds. The first-order chi connectivity index (χ1) is 9.97. The average molecular weight is 317 g/mol. The molecule has 2 fully saturated rings. The summed E-state index contributed by atoms with van der Waals surface area (Å²) in [7, 11) is -3.14. The topological polar surface area (TPSA) is 52.7 Å². The number of sulfonamides is 1. The second-order valence-corrected chi connectivity index (χ2v) is 8.78. The van der Waals surface area contributed by atoms with Crippen LogP contribution in [0.1, 0.15) is 46.0 Å². The molecule has 1 atom stereocenters. The van der Waals surface area contributed by atoms with Crippen molar-refractivity contribution >= 4 is 10.0 Å². The van der Waals surface area contributed by atoms with Gasteiger partial charge in [-0.05, 0) is 72.3 Å². The average Bonchev–Trinajstić information content (AvgIpc) is 2.88.